The average molecular weight is 603 g/mol. The lowest BCUT2D eigenvalue weighted by atomic mass is 10.1. The van der Waals surface area contributed by atoms with Gasteiger partial charge in [0.05, 0.1) is 10.6 Å². The molecule has 0 unspecified atom stereocenters. The predicted molar refractivity (Wildman–Crippen MR) is 159 cm³/mol. The molecule has 0 heterocycles. The molecule has 10 heteroatoms. The maximum atomic E-state index is 14.0. The molecule has 0 spiro atoms. The van der Waals surface area contributed by atoms with Crippen LogP contribution in [0.15, 0.2) is 77.7 Å². The van der Waals surface area contributed by atoms with Crippen molar-refractivity contribution >= 4 is 50.7 Å². The van der Waals surface area contributed by atoms with Gasteiger partial charge in [0.1, 0.15) is 12.6 Å². The number of hydrogen-bond acceptors (Lipinski definition) is 4. The van der Waals surface area contributed by atoms with Gasteiger partial charge < -0.3 is 10.2 Å². The average Bonchev–Trinajstić information content (AvgIpc) is 3.46. The number of hydrogen-bond donors (Lipinski definition) is 1. The zero-order chi connectivity index (χ0) is 28.9. The summed E-state index contributed by atoms with van der Waals surface area (Å²) in [4.78, 5) is 28.8. The van der Waals surface area contributed by atoms with Crippen LogP contribution in [0.25, 0.3) is 0 Å². The number of nitrogens with zero attached hydrogens (tertiary/aromatic N) is 2. The largest absolute Gasteiger partial charge is 0.352 e. The van der Waals surface area contributed by atoms with Gasteiger partial charge in [-0.3, -0.25) is 13.9 Å². The third kappa shape index (κ3) is 6.97. The number of anilines is 1. The van der Waals surface area contributed by atoms with Crippen molar-refractivity contribution < 1.29 is 18.0 Å². The lowest BCUT2D eigenvalue weighted by molar-refractivity contribution is -0.139. The maximum Gasteiger partial charge on any atom is 0.264 e. The summed E-state index contributed by atoms with van der Waals surface area (Å²) < 4.78 is 28.9. The van der Waals surface area contributed by atoms with E-state index in [1.165, 1.54) is 17.0 Å². The SMILES string of the molecule is Cc1c(Cl)cccc1N(CC(=O)N(Cc1ccc(Cl)cc1)[C@H](C)C(=O)NC1CCCC1)S(=O)(=O)c1ccccc1. The van der Waals surface area contributed by atoms with Crippen molar-refractivity contribution in [3.05, 3.63) is 94.0 Å². The molecule has 40 heavy (non-hydrogen) atoms. The molecular formula is C30H33Cl2N3O4S. The third-order valence-corrected chi connectivity index (χ3v) is 9.69. The Morgan fingerprint density at radius 2 is 1.60 bits per heavy atom. The topological polar surface area (TPSA) is 86.8 Å². The molecule has 1 aliphatic carbocycles. The number of sulfonamides is 1. The zero-order valence-electron chi connectivity index (χ0n) is 22.5. The smallest absolute Gasteiger partial charge is 0.264 e. The van der Waals surface area contributed by atoms with Crippen molar-refractivity contribution in [2.45, 2.75) is 63.1 Å². The summed E-state index contributed by atoms with van der Waals surface area (Å²) in [7, 11) is -4.16. The van der Waals surface area contributed by atoms with Crippen LogP contribution >= 0.6 is 23.2 Å². The van der Waals surface area contributed by atoms with Crippen LogP contribution in [-0.4, -0.2) is 43.8 Å². The Labute approximate surface area is 246 Å². The molecule has 1 saturated carbocycles. The molecular weight excluding hydrogens is 569 g/mol. The number of nitrogens with one attached hydrogen (secondary N) is 1. The van der Waals surface area contributed by atoms with E-state index in [2.05, 4.69) is 5.32 Å². The van der Waals surface area contributed by atoms with Crippen molar-refractivity contribution in [3.8, 4) is 0 Å². The van der Waals surface area contributed by atoms with Crippen LogP contribution in [0.2, 0.25) is 10.0 Å². The van der Waals surface area contributed by atoms with E-state index in [9.17, 15) is 18.0 Å². The first-order valence-corrected chi connectivity index (χ1v) is 15.4. The summed E-state index contributed by atoms with van der Waals surface area (Å²) in [5.41, 5.74) is 1.57. The highest BCUT2D eigenvalue weighted by Crippen LogP contribution is 2.31. The minimum Gasteiger partial charge on any atom is -0.352 e. The van der Waals surface area contributed by atoms with Crippen molar-refractivity contribution in [1.82, 2.24) is 10.2 Å². The first-order valence-electron chi connectivity index (χ1n) is 13.2. The van der Waals surface area contributed by atoms with Gasteiger partial charge in [0, 0.05) is 22.6 Å². The second kappa shape index (κ2) is 13.1. The highest BCUT2D eigenvalue weighted by molar-refractivity contribution is 7.92. The fourth-order valence-electron chi connectivity index (χ4n) is 4.86. The van der Waals surface area contributed by atoms with Crippen molar-refractivity contribution in [1.29, 1.82) is 0 Å². The number of amides is 2. The predicted octanol–water partition coefficient (Wildman–Crippen LogP) is 5.97. The van der Waals surface area contributed by atoms with Gasteiger partial charge in [0.25, 0.3) is 10.0 Å². The van der Waals surface area contributed by atoms with E-state index in [0.717, 1.165) is 35.6 Å². The summed E-state index contributed by atoms with van der Waals surface area (Å²) in [5, 5.41) is 3.99. The van der Waals surface area contributed by atoms with E-state index in [0.29, 0.717) is 21.3 Å². The molecule has 3 aromatic carbocycles. The first kappa shape index (κ1) is 29.9. The molecule has 0 aliphatic heterocycles. The highest BCUT2D eigenvalue weighted by Gasteiger charge is 2.34. The second-order valence-electron chi connectivity index (χ2n) is 10.0. The Hall–Kier alpha value is -3.07. The Bertz CT molecular complexity index is 1440. The fraction of sp³-hybridized carbons (Fsp3) is 0.333. The maximum absolute atomic E-state index is 14.0. The van der Waals surface area contributed by atoms with Gasteiger partial charge >= 0.3 is 0 Å². The summed E-state index contributed by atoms with van der Waals surface area (Å²) in [6.45, 7) is 2.95. The molecule has 1 aliphatic rings. The monoisotopic (exact) mass is 601 g/mol. The summed E-state index contributed by atoms with van der Waals surface area (Å²) in [6.07, 6.45) is 3.91. The Morgan fingerprint density at radius 1 is 0.950 bits per heavy atom. The molecule has 0 bridgehead atoms. The third-order valence-electron chi connectivity index (χ3n) is 7.25. The Kier molecular flexibility index (Phi) is 9.77. The molecule has 3 aromatic rings. The molecule has 4 rings (SSSR count). The van der Waals surface area contributed by atoms with E-state index in [-0.39, 0.29) is 23.4 Å². The molecule has 0 radical (unpaired) electrons. The van der Waals surface area contributed by atoms with Crippen LogP contribution in [0, 0.1) is 6.92 Å². The summed E-state index contributed by atoms with van der Waals surface area (Å²) in [6, 6.07) is 19.1. The van der Waals surface area contributed by atoms with E-state index in [4.69, 9.17) is 23.2 Å². The zero-order valence-corrected chi connectivity index (χ0v) is 24.8. The number of rotatable bonds is 10. The molecule has 1 atom stereocenters. The fourth-order valence-corrected chi connectivity index (χ4v) is 6.65. The Morgan fingerprint density at radius 3 is 2.25 bits per heavy atom. The van der Waals surface area contributed by atoms with Crippen LogP contribution < -0.4 is 9.62 Å². The minimum atomic E-state index is -4.16. The first-order chi connectivity index (χ1) is 19.1. The van der Waals surface area contributed by atoms with Gasteiger partial charge in [-0.25, -0.2) is 8.42 Å². The van der Waals surface area contributed by atoms with E-state index in [1.54, 1.807) is 74.5 Å². The van der Waals surface area contributed by atoms with E-state index in [1.807, 2.05) is 0 Å². The van der Waals surface area contributed by atoms with Crippen LogP contribution in [0.1, 0.15) is 43.7 Å². The highest BCUT2D eigenvalue weighted by atomic mass is 35.5. The number of carbonyl (C=O) groups is 2. The van der Waals surface area contributed by atoms with Crippen molar-refractivity contribution in [3.63, 3.8) is 0 Å². The quantitative estimate of drug-likeness (QED) is 0.310. The molecule has 212 valence electrons. The van der Waals surface area contributed by atoms with Crippen LogP contribution in [-0.2, 0) is 26.2 Å². The second-order valence-corrected chi connectivity index (χ2v) is 12.7. The summed E-state index contributed by atoms with van der Waals surface area (Å²) >= 11 is 12.4. The number of halogens is 2. The van der Waals surface area contributed by atoms with Gasteiger partial charge in [-0.1, -0.05) is 72.4 Å². The van der Waals surface area contributed by atoms with Gasteiger partial charge in [-0.2, -0.15) is 0 Å². The Balaban J connectivity index is 1.70. The van der Waals surface area contributed by atoms with Gasteiger partial charge in [0.2, 0.25) is 11.8 Å². The van der Waals surface area contributed by atoms with E-state index >= 15 is 0 Å². The van der Waals surface area contributed by atoms with Crippen LogP contribution in [0.5, 0.6) is 0 Å². The standard InChI is InChI=1S/C30H33Cl2N3O4S/c1-21-27(32)13-8-14-28(21)35(40(38,39)26-11-4-3-5-12-26)20-29(36)34(19-23-15-17-24(31)18-16-23)22(2)30(37)33-25-9-6-7-10-25/h3-5,8,11-18,22,25H,6-7,9-10,19-20H2,1-2H3,(H,33,37)/t22-/m1/s1. The summed E-state index contributed by atoms with van der Waals surface area (Å²) in [5.74, 6) is -0.798. The normalized spacial score (nSPS) is 14.5. The molecule has 0 saturated heterocycles. The van der Waals surface area contributed by atoms with Crippen molar-refractivity contribution in [2.75, 3.05) is 10.8 Å². The lowest BCUT2D eigenvalue weighted by Crippen LogP contribution is -2.52. The molecule has 1 N–H and O–H groups in total. The van der Waals surface area contributed by atoms with E-state index < -0.39 is 28.5 Å². The lowest BCUT2D eigenvalue weighted by Gasteiger charge is -2.33. The van der Waals surface area contributed by atoms with Gasteiger partial charge in [-0.05, 0) is 74.2 Å². The van der Waals surface area contributed by atoms with Crippen LogP contribution in [0.4, 0.5) is 5.69 Å². The minimum absolute atomic E-state index is 0.0402. The molecule has 1 fully saturated rings. The molecule has 7 nitrogen and oxygen atoms in total. The molecule has 2 amide bonds. The molecule has 0 aromatic heterocycles. The van der Waals surface area contributed by atoms with Gasteiger partial charge in [0.15, 0.2) is 0 Å². The van der Waals surface area contributed by atoms with Gasteiger partial charge in [-0.15, -0.1) is 0 Å². The number of benzene rings is 3. The number of carbonyl (C=O) groups excluding carboxylic acids is 2. The van der Waals surface area contributed by atoms with Crippen molar-refractivity contribution in [2.24, 2.45) is 0 Å². The van der Waals surface area contributed by atoms with Crippen LogP contribution in [0.3, 0.4) is 0 Å².